The van der Waals surface area contributed by atoms with Gasteiger partial charge in [0.2, 0.25) is 0 Å². The summed E-state index contributed by atoms with van der Waals surface area (Å²) in [5, 5.41) is 9.38. The molecule has 1 aliphatic carbocycles. The maximum atomic E-state index is 9.38. The first-order valence-corrected chi connectivity index (χ1v) is 8.62. The molecule has 0 amide bonds. The number of aromatic nitrogens is 1. The van der Waals surface area contributed by atoms with Crippen molar-refractivity contribution in [1.29, 1.82) is 0 Å². The van der Waals surface area contributed by atoms with E-state index in [0.717, 1.165) is 49.5 Å². The van der Waals surface area contributed by atoms with Crippen LogP contribution in [0.4, 0.5) is 0 Å². The Morgan fingerprint density at radius 3 is 2.79 bits per heavy atom. The van der Waals surface area contributed by atoms with Crippen molar-refractivity contribution in [2.24, 2.45) is 5.73 Å². The number of aryl methyl sites for hydroxylation is 2. The van der Waals surface area contributed by atoms with Gasteiger partial charge in [-0.15, -0.1) is 0 Å². The summed E-state index contributed by atoms with van der Waals surface area (Å²) in [4.78, 5) is 4.18. The van der Waals surface area contributed by atoms with Gasteiger partial charge in [-0.2, -0.15) is 0 Å². The Hall–Kier alpha value is -1.85. The standard InChI is InChI=1S/C19H26N2O3/c1-14-12-21-18(24-14)3-2-10-23-17-6-4-15(5-7-17)16-8-9-19(20,11-16)13-22/h4-7,12,16,22H,2-3,8-11,13,20H2,1H3/t16-,19-/m1/s1. The zero-order valence-corrected chi connectivity index (χ0v) is 14.2. The molecule has 2 aromatic rings. The maximum absolute atomic E-state index is 9.38. The molecule has 1 aliphatic rings. The van der Waals surface area contributed by atoms with Gasteiger partial charge >= 0.3 is 0 Å². The van der Waals surface area contributed by atoms with Gasteiger partial charge in [-0.25, -0.2) is 4.98 Å². The number of aliphatic hydroxyl groups is 1. The molecule has 0 bridgehead atoms. The summed E-state index contributed by atoms with van der Waals surface area (Å²) in [6.45, 7) is 2.60. The van der Waals surface area contributed by atoms with Crippen molar-refractivity contribution >= 4 is 0 Å². The Balaban J connectivity index is 1.45. The SMILES string of the molecule is Cc1cnc(CCCOc2ccc([C@@H]3CC[C@](N)(CO)C3)cc2)o1. The molecule has 5 nitrogen and oxygen atoms in total. The van der Waals surface area contributed by atoms with E-state index in [0.29, 0.717) is 12.5 Å². The molecule has 130 valence electrons. The molecule has 0 radical (unpaired) electrons. The summed E-state index contributed by atoms with van der Waals surface area (Å²) in [5.74, 6) is 2.92. The first-order chi connectivity index (χ1) is 11.6. The highest BCUT2D eigenvalue weighted by Gasteiger charge is 2.35. The molecule has 5 heteroatoms. The average Bonchev–Trinajstić information content (AvgIpc) is 3.19. The van der Waals surface area contributed by atoms with Crippen LogP contribution in [0.5, 0.6) is 5.75 Å². The summed E-state index contributed by atoms with van der Waals surface area (Å²) in [7, 11) is 0. The molecule has 0 spiro atoms. The lowest BCUT2D eigenvalue weighted by atomic mass is 9.94. The van der Waals surface area contributed by atoms with Gasteiger partial charge in [0.25, 0.3) is 0 Å². The van der Waals surface area contributed by atoms with Crippen molar-refractivity contribution in [2.75, 3.05) is 13.2 Å². The van der Waals surface area contributed by atoms with Crippen LogP contribution in [-0.2, 0) is 6.42 Å². The number of ether oxygens (including phenoxy) is 1. The van der Waals surface area contributed by atoms with E-state index >= 15 is 0 Å². The van der Waals surface area contributed by atoms with Gasteiger partial charge in [0.1, 0.15) is 11.5 Å². The van der Waals surface area contributed by atoms with Crippen LogP contribution >= 0.6 is 0 Å². The Morgan fingerprint density at radius 1 is 1.38 bits per heavy atom. The highest BCUT2D eigenvalue weighted by Crippen LogP contribution is 2.39. The Morgan fingerprint density at radius 2 is 2.17 bits per heavy atom. The molecule has 24 heavy (non-hydrogen) atoms. The topological polar surface area (TPSA) is 81.5 Å². The smallest absolute Gasteiger partial charge is 0.194 e. The van der Waals surface area contributed by atoms with E-state index < -0.39 is 5.54 Å². The number of aliphatic hydroxyl groups excluding tert-OH is 1. The zero-order chi connectivity index (χ0) is 17.0. The minimum absolute atomic E-state index is 0.0642. The lowest BCUT2D eigenvalue weighted by Crippen LogP contribution is -2.40. The first kappa shape index (κ1) is 17.0. The molecule has 1 aromatic carbocycles. The third-order valence-corrected chi connectivity index (χ3v) is 4.78. The summed E-state index contributed by atoms with van der Waals surface area (Å²) in [6.07, 6.45) is 6.16. The number of oxazole rings is 1. The molecule has 0 saturated heterocycles. The lowest BCUT2D eigenvalue weighted by molar-refractivity contribution is 0.198. The van der Waals surface area contributed by atoms with E-state index in [1.165, 1.54) is 5.56 Å². The van der Waals surface area contributed by atoms with Crippen LogP contribution in [0.1, 0.15) is 48.8 Å². The largest absolute Gasteiger partial charge is 0.494 e. The molecule has 0 aliphatic heterocycles. The third kappa shape index (κ3) is 4.16. The second kappa shape index (κ2) is 7.36. The van der Waals surface area contributed by atoms with Gasteiger partial charge in [0.15, 0.2) is 5.89 Å². The normalized spacial score (nSPS) is 23.5. The fraction of sp³-hybridized carbons (Fsp3) is 0.526. The number of nitrogens with zero attached hydrogens (tertiary/aromatic N) is 1. The van der Waals surface area contributed by atoms with Gasteiger partial charge in [0.05, 0.1) is 19.4 Å². The predicted octanol–water partition coefficient (Wildman–Crippen LogP) is 2.95. The second-order valence-electron chi connectivity index (χ2n) is 6.85. The molecule has 1 fully saturated rings. The van der Waals surface area contributed by atoms with Crippen LogP contribution in [0.15, 0.2) is 34.9 Å². The minimum atomic E-state index is -0.405. The van der Waals surface area contributed by atoms with Gasteiger partial charge in [-0.05, 0) is 56.2 Å². The maximum Gasteiger partial charge on any atom is 0.194 e. The number of hydrogen-bond acceptors (Lipinski definition) is 5. The molecule has 1 heterocycles. The highest BCUT2D eigenvalue weighted by atomic mass is 16.5. The van der Waals surface area contributed by atoms with Crippen LogP contribution in [0.25, 0.3) is 0 Å². The number of benzene rings is 1. The van der Waals surface area contributed by atoms with Gasteiger partial charge < -0.3 is 20.0 Å². The molecule has 2 atom stereocenters. The summed E-state index contributed by atoms with van der Waals surface area (Å²) >= 11 is 0. The molecule has 1 saturated carbocycles. The molecule has 1 aromatic heterocycles. The fourth-order valence-electron chi connectivity index (χ4n) is 3.35. The second-order valence-corrected chi connectivity index (χ2v) is 6.85. The molecule has 3 rings (SSSR count). The monoisotopic (exact) mass is 330 g/mol. The number of rotatable bonds is 7. The molecule has 3 N–H and O–H groups in total. The van der Waals surface area contributed by atoms with Gasteiger partial charge in [-0.3, -0.25) is 0 Å². The Bertz CT molecular complexity index is 653. The summed E-state index contributed by atoms with van der Waals surface area (Å²) < 4.78 is 11.2. The third-order valence-electron chi connectivity index (χ3n) is 4.78. The molecular formula is C19H26N2O3. The fourth-order valence-corrected chi connectivity index (χ4v) is 3.35. The van der Waals surface area contributed by atoms with Gasteiger partial charge in [0, 0.05) is 12.0 Å². The van der Waals surface area contributed by atoms with Crippen molar-refractivity contribution in [3.8, 4) is 5.75 Å². The minimum Gasteiger partial charge on any atom is -0.494 e. The van der Waals surface area contributed by atoms with Crippen molar-refractivity contribution < 1.29 is 14.3 Å². The predicted molar refractivity (Wildman–Crippen MR) is 92.1 cm³/mol. The lowest BCUT2D eigenvalue weighted by Gasteiger charge is -2.21. The molecular weight excluding hydrogens is 304 g/mol. The van der Waals surface area contributed by atoms with Crippen LogP contribution in [0.2, 0.25) is 0 Å². The average molecular weight is 330 g/mol. The van der Waals surface area contributed by atoms with E-state index in [2.05, 4.69) is 17.1 Å². The highest BCUT2D eigenvalue weighted by molar-refractivity contribution is 5.30. The summed E-state index contributed by atoms with van der Waals surface area (Å²) in [6, 6.07) is 8.25. The summed E-state index contributed by atoms with van der Waals surface area (Å²) in [5.41, 5.74) is 7.03. The van der Waals surface area contributed by atoms with E-state index in [1.54, 1.807) is 6.20 Å². The number of hydrogen-bond donors (Lipinski definition) is 2. The molecule has 0 unspecified atom stereocenters. The van der Waals surface area contributed by atoms with Gasteiger partial charge in [-0.1, -0.05) is 12.1 Å². The van der Waals surface area contributed by atoms with Crippen LogP contribution in [-0.4, -0.2) is 28.8 Å². The van der Waals surface area contributed by atoms with E-state index in [9.17, 15) is 5.11 Å². The Kier molecular flexibility index (Phi) is 5.21. The number of nitrogens with two attached hydrogens (primary N) is 1. The van der Waals surface area contributed by atoms with Crippen molar-refractivity contribution in [1.82, 2.24) is 4.98 Å². The van der Waals surface area contributed by atoms with Crippen LogP contribution < -0.4 is 10.5 Å². The van der Waals surface area contributed by atoms with Crippen LogP contribution in [0.3, 0.4) is 0 Å². The van der Waals surface area contributed by atoms with E-state index in [-0.39, 0.29) is 6.61 Å². The van der Waals surface area contributed by atoms with Crippen LogP contribution in [0, 0.1) is 6.92 Å². The zero-order valence-electron chi connectivity index (χ0n) is 14.2. The van der Waals surface area contributed by atoms with E-state index in [4.69, 9.17) is 14.9 Å². The first-order valence-electron chi connectivity index (χ1n) is 8.62. The van der Waals surface area contributed by atoms with Crippen molar-refractivity contribution in [3.05, 3.63) is 47.7 Å². The Labute approximate surface area is 142 Å². The van der Waals surface area contributed by atoms with E-state index in [1.807, 2.05) is 19.1 Å². The van der Waals surface area contributed by atoms with Crippen molar-refractivity contribution in [2.45, 2.75) is 50.5 Å². The van der Waals surface area contributed by atoms with Crippen molar-refractivity contribution in [3.63, 3.8) is 0 Å². The quantitative estimate of drug-likeness (QED) is 0.763.